The number of amides is 1. The minimum absolute atomic E-state index is 0.0140. The van der Waals surface area contributed by atoms with E-state index in [0.717, 1.165) is 12.1 Å². The van der Waals surface area contributed by atoms with Crippen molar-refractivity contribution in [2.24, 2.45) is 0 Å². The molecule has 2 rings (SSSR count). The fraction of sp³-hybridized carbons (Fsp3) is 0.176. The van der Waals surface area contributed by atoms with Crippen molar-refractivity contribution in [1.82, 2.24) is 5.32 Å². The van der Waals surface area contributed by atoms with Gasteiger partial charge in [-0.25, -0.2) is 4.39 Å². The lowest BCUT2D eigenvalue weighted by Crippen LogP contribution is -2.31. The largest absolute Gasteiger partial charge is 0.469 e. The summed E-state index contributed by atoms with van der Waals surface area (Å²) in [4.78, 5) is 24.2. The molecule has 0 aliphatic rings. The van der Waals surface area contributed by atoms with Gasteiger partial charge in [0.15, 0.2) is 0 Å². The van der Waals surface area contributed by atoms with Crippen LogP contribution in [0.4, 0.5) is 4.39 Å². The number of rotatable bonds is 5. The molecule has 0 aliphatic carbocycles. The molecule has 0 heterocycles. The Morgan fingerprint density at radius 1 is 1.12 bits per heavy atom. The van der Waals surface area contributed by atoms with E-state index in [2.05, 4.69) is 10.1 Å². The zero-order valence-corrected chi connectivity index (χ0v) is 15.3. The van der Waals surface area contributed by atoms with E-state index in [0.29, 0.717) is 10.6 Å². The van der Waals surface area contributed by atoms with Gasteiger partial charge < -0.3 is 10.1 Å². The van der Waals surface area contributed by atoms with Crippen LogP contribution in [0.15, 0.2) is 36.4 Å². The molecule has 2 aromatic carbocycles. The molecule has 0 aliphatic heterocycles. The predicted octanol–water partition coefficient (Wildman–Crippen LogP) is 4.82. The summed E-state index contributed by atoms with van der Waals surface area (Å²) in [7, 11) is 1.24. The average molecular weight is 405 g/mol. The summed E-state index contributed by atoms with van der Waals surface area (Å²) in [6.07, 6.45) is -0.153. The van der Waals surface area contributed by atoms with Crippen LogP contribution in [0, 0.1) is 5.82 Å². The minimum Gasteiger partial charge on any atom is -0.469 e. The van der Waals surface area contributed by atoms with Gasteiger partial charge in [-0.3, -0.25) is 9.59 Å². The molecule has 0 bridgehead atoms. The zero-order chi connectivity index (χ0) is 18.6. The molecule has 1 N–H and O–H groups in total. The number of methoxy groups -OCH3 is 1. The topological polar surface area (TPSA) is 55.4 Å². The fourth-order valence-electron chi connectivity index (χ4n) is 2.18. The lowest BCUT2D eigenvalue weighted by atomic mass is 10.0. The molecule has 2 aromatic rings. The van der Waals surface area contributed by atoms with Crippen molar-refractivity contribution < 1.29 is 18.7 Å². The number of ether oxygens (including phenoxy) is 1. The summed E-state index contributed by atoms with van der Waals surface area (Å²) in [6, 6.07) is 8.02. The van der Waals surface area contributed by atoms with Gasteiger partial charge in [0.25, 0.3) is 5.91 Å². The summed E-state index contributed by atoms with van der Waals surface area (Å²) in [5, 5.41) is 2.78. The van der Waals surface area contributed by atoms with E-state index >= 15 is 0 Å². The van der Waals surface area contributed by atoms with Gasteiger partial charge in [0.05, 0.1) is 35.2 Å². The average Bonchev–Trinajstić information content (AvgIpc) is 2.57. The van der Waals surface area contributed by atoms with Crippen LogP contribution in [0.3, 0.4) is 0 Å². The highest BCUT2D eigenvalue weighted by atomic mass is 35.5. The normalized spacial score (nSPS) is 11.7. The number of halogens is 4. The van der Waals surface area contributed by atoms with Gasteiger partial charge in [-0.2, -0.15) is 0 Å². The Morgan fingerprint density at radius 3 is 2.44 bits per heavy atom. The molecule has 1 unspecified atom stereocenters. The molecule has 0 spiro atoms. The first-order valence-electron chi connectivity index (χ1n) is 7.10. The predicted molar refractivity (Wildman–Crippen MR) is 94.7 cm³/mol. The standard InChI is InChI=1S/C17H13Cl3FNO3/c1-25-16(23)8-15(9-4-2-3-5-11(9)18)22-17(24)10-6-14(21)13(20)7-12(10)19/h2-7,15H,8H2,1H3,(H,22,24). The van der Waals surface area contributed by atoms with Crippen molar-refractivity contribution >= 4 is 46.7 Å². The smallest absolute Gasteiger partial charge is 0.307 e. The molecule has 8 heteroatoms. The number of benzene rings is 2. The van der Waals surface area contributed by atoms with Crippen LogP contribution in [0.1, 0.15) is 28.4 Å². The first kappa shape index (κ1) is 19.5. The highest BCUT2D eigenvalue weighted by molar-refractivity contribution is 6.36. The molecule has 132 valence electrons. The van der Waals surface area contributed by atoms with E-state index in [4.69, 9.17) is 34.8 Å². The Hall–Kier alpha value is -1.82. The van der Waals surface area contributed by atoms with E-state index in [-0.39, 0.29) is 22.0 Å². The number of hydrogen-bond donors (Lipinski definition) is 1. The van der Waals surface area contributed by atoms with Crippen molar-refractivity contribution in [2.45, 2.75) is 12.5 Å². The van der Waals surface area contributed by atoms with E-state index in [1.54, 1.807) is 24.3 Å². The first-order valence-corrected chi connectivity index (χ1v) is 8.23. The summed E-state index contributed by atoms with van der Waals surface area (Å²) < 4.78 is 18.3. The second kappa shape index (κ2) is 8.52. The third-order valence-electron chi connectivity index (χ3n) is 3.44. The molecule has 0 fully saturated rings. The van der Waals surface area contributed by atoms with Crippen LogP contribution >= 0.6 is 34.8 Å². The molecule has 1 atom stereocenters. The Kier molecular flexibility index (Phi) is 6.64. The summed E-state index contributed by atoms with van der Waals surface area (Å²) in [6.45, 7) is 0. The van der Waals surface area contributed by atoms with E-state index in [1.807, 2.05) is 0 Å². The van der Waals surface area contributed by atoms with Crippen LogP contribution in [0.25, 0.3) is 0 Å². The summed E-state index contributed by atoms with van der Waals surface area (Å²) in [5.74, 6) is -1.99. The highest BCUT2D eigenvalue weighted by Gasteiger charge is 2.23. The lowest BCUT2D eigenvalue weighted by molar-refractivity contribution is -0.141. The van der Waals surface area contributed by atoms with Crippen LogP contribution in [0.5, 0.6) is 0 Å². The van der Waals surface area contributed by atoms with Crippen LogP contribution in [-0.4, -0.2) is 19.0 Å². The van der Waals surface area contributed by atoms with Crippen molar-refractivity contribution in [3.8, 4) is 0 Å². The molecule has 4 nitrogen and oxygen atoms in total. The highest BCUT2D eigenvalue weighted by Crippen LogP contribution is 2.28. The number of carbonyl (C=O) groups excluding carboxylic acids is 2. The van der Waals surface area contributed by atoms with Gasteiger partial charge in [-0.05, 0) is 23.8 Å². The van der Waals surface area contributed by atoms with E-state index in [1.165, 1.54) is 7.11 Å². The summed E-state index contributed by atoms with van der Waals surface area (Å²) >= 11 is 17.7. The van der Waals surface area contributed by atoms with Crippen LogP contribution < -0.4 is 5.32 Å². The maximum absolute atomic E-state index is 13.6. The molecule has 0 saturated carbocycles. The van der Waals surface area contributed by atoms with E-state index in [9.17, 15) is 14.0 Å². The van der Waals surface area contributed by atoms with Gasteiger partial charge in [-0.15, -0.1) is 0 Å². The van der Waals surface area contributed by atoms with Gasteiger partial charge in [0.2, 0.25) is 0 Å². The lowest BCUT2D eigenvalue weighted by Gasteiger charge is -2.20. The van der Waals surface area contributed by atoms with Gasteiger partial charge in [0, 0.05) is 5.02 Å². The number of carbonyl (C=O) groups is 2. The Morgan fingerprint density at radius 2 is 1.80 bits per heavy atom. The molecular formula is C17H13Cl3FNO3. The third kappa shape index (κ3) is 4.84. The van der Waals surface area contributed by atoms with Crippen molar-refractivity contribution in [3.63, 3.8) is 0 Å². The van der Waals surface area contributed by atoms with Crippen LogP contribution in [0.2, 0.25) is 15.1 Å². The van der Waals surface area contributed by atoms with Crippen molar-refractivity contribution in [1.29, 1.82) is 0 Å². The van der Waals surface area contributed by atoms with Crippen LogP contribution in [-0.2, 0) is 9.53 Å². The number of nitrogens with one attached hydrogen (secondary N) is 1. The Balaban J connectivity index is 2.33. The maximum atomic E-state index is 13.6. The van der Waals surface area contributed by atoms with Crippen molar-refractivity contribution in [3.05, 3.63) is 68.4 Å². The fourth-order valence-corrected chi connectivity index (χ4v) is 2.92. The monoisotopic (exact) mass is 403 g/mol. The molecular weight excluding hydrogens is 392 g/mol. The quantitative estimate of drug-likeness (QED) is 0.574. The van der Waals surface area contributed by atoms with Crippen molar-refractivity contribution in [2.75, 3.05) is 7.11 Å². The van der Waals surface area contributed by atoms with E-state index < -0.39 is 23.7 Å². The molecule has 1 amide bonds. The minimum atomic E-state index is -0.779. The number of esters is 1. The third-order valence-corrected chi connectivity index (χ3v) is 4.39. The second-order valence-corrected chi connectivity index (χ2v) is 6.30. The maximum Gasteiger partial charge on any atom is 0.307 e. The second-order valence-electron chi connectivity index (χ2n) is 5.07. The Bertz CT molecular complexity index is 814. The van der Waals surface area contributed by atoms with Gasteiger partial charge >= 0.3 is 5.97 Å². The number of hydrogen-bond acceptors (Lipinski definition) is 3. The summed E-state index contributed by atoms with van der Waals surface area (Å²) in [5.41, 5.74) is 0.416. The van der Waals surface area contributed by atoms with Gasteiger partial charge in [-0.1, -0.05) is 53.0 Å². The zero-order valence-electron chi connectivity index (χ0n) is 13.0. The molecule has 0 saturated heterocycles. The molecule has 0 radical (unpaired) electrons. The SMILES string of the molecule is COC(=O)CC(NC(=O)c1cc(F)c(Cl)cc1Cl)c1ccccc1Cl. The first-order chi connectivity index (χ1) is 11.8. The molecule has 0 aromatic heterocycles. The molecule has 25 heavy (non-hydrogen) atoms. The Labute approximate surface area is 158 Å². The van der Waals surface area contributed by atoms with Gasteiger partial charge in [0.1, 0.15) is 5.82 Å².